The predicted molar refractivity (Wildman–Crippen MR) is 67.8 cm³/mol. The standard InChI is InChI=1S/C11H12ClN3O4/c12-8-3-7(2-1-6(8)4-10(17)18)11(19)9(16)5-14-15-13/h1-3,9,11,16,19H,4-5H2,(H,17,18). The van der Waals surface area contributed by atoms with Crippen LogP contribution in [0.1, 0.15) is 17.2 Å². The summed E-state index contributed by atoms with van der Waals surface area (Å²) in [6, 6.07) is 4.31. The second-order valence-electron chi connectivity index (χ2n) is 3.85. The van der Waals surface area contributed by atoms with Crippen molar-refractivity contribution < 1.29 is 20.1 Å². The minimum Gasteiger partial charge on any atom is -0.481 e. The normalized spacial score (nSPS) is 13.4. The van der Waals surface area contributed by atoms with E-state index < -0.39 is 18.2 Å². The maximum absolute atomic E-state index is 10.6. The average molecular weight is 286 g/mol. The summed E-state index contributed by atoms with van der Waals surface area (Å²) in [5, 5.41) is 31.4. The molecule has 0 amide bonds. The molecule has 8 heteroatoms. The molecule has 2 unspecified atom stereocenters. The van der Waals surface area contributed by atoms with E-state index >= 15 is 0 Å². The third kappa shape index (κ3) is 4.42. The number of carbonyl (C=O) groups is 1. The molecule has 7 nitrogen and oxygen atoms in total. The Morgan fingerprint density at radius 1 is 1.47 bits per heavy atom. The van der Waals surface area contributed by atoms with Crippen molar-refractivity contribution in [1.29, 1.82) is 0 Å². The molecule has 0 fully saturated rings. The molecule has 0 bridgehead atoms. The van der Waals surface area contributed by atoms with E-state index in [-0.39, 0.29) is 18.0 Å². The second kappa shape index (κ2) is 6.96. The van der Waals surface area contributed by atoms with Crippen LogP contribution in [0.4, 0.5) is 0 Å². The van der Waals surface area contributed by atoms with Crippen LogP contribution < -0.4 is 0 Å². The van der Waals surface area contributed by atoms with Crippen molar-refractivity contribution in [1.82, 2.24) is 0 Å². The van der Waals surface area contributed by atoms with Gasteiger partial charge in [-0.05, 0) is 22.7 Å². The van der Waals surface area contributed by atoms with Gasteiger partial charge in [-0.1, -0.05) is 28.8 Å². The van der Waals surface area contributed by atoms with Gasteiger partial charge in [0.2, 0.25) is 0 Å². The summed E-state index contributed by atoms with van der Waals surface area (Å²) in [4.78, 5) is 13.1. The number of aliphatic hydroxyl groups is 2. The number of aliphatic carboxylic acids is 1. The van der Waals surface area contributed by atoms with Crippen LogP contribution in [0.5, 0.6) is 0 Å². The minimum atomic E-state index is -1.26. The monoisotopic (exact) mass is 285 g/mol. The first-order valence-electron chi connectivity index (χ1n) is 5.32. The molecular formula is C11H12ClN3O4. The fraction of sp³-hybridized carbons (Fsp3) is 0.364. The molecule has 0 radical (unpaired) electrons. The van der Waals surface area contributed by atoms with E-state index in [9.17, 15) is 15.0 Å². The molecule has 19 heavy (non-hydrogen) atoms. The van der Waals surface area contributed by atoms with Crippen LogP contribution in [-0.4, -0.2) is 33.9 Å². The SMILES string of the molecule is [N-]=[N+]=NCC(O)C(O)c1ccc(CC(=O)O)c(Cl)c1. The van der Waals surface area contributed by atoms with Gasteiger partial charge in [0.15, 0.2) is 0 Å². The molecule has 1 aromatic carbocycles. The Labute approximate surface area is 113 Å². The van der Waals surface area contributed by atoms with Gasteiger partial charge in [-0.3, -0.25) is 4.79 Å². The molecule has 0 spiro atoms. The van der Waals surface area contributed by atoms with E-state index in [1.165, 1.54) is 18.2 Å². The highest BCUT2D eigenvalue weighted by molar-refractivity contribution is 6.31. The highest BCUT2D eigenvalue weighted by atomic mass is 35.5. The molecule has 1 aromatic rings. The molecule has 0 aliphatic heterocycles. The number of halogens is 1. The summed E-state index contributed by atoms with van der Waals surface area (Å²) in [7, 11) is 0. The molecule has 3 N–H and O–H groups in total. The molecule has 102 valence electrons. The van der Waals surface area contributed by atoms with E-state index in [0.717, 1.165) is 0 Å². The number of carboxylic acid groups (broad SMARTS) is 1. The van der Waals surface area contributed by atoms with Gasteiger partial charge in [-0.2, -0.15) is 0 Å². The first kappa shape index (κ1) is 15.3. The lowest BCUT2D eigenvalue weighted by atomic mass is 10.0. The predicted octanol–water partition coefficient (Wildman–Crippen LogP) is 1.67. The zero-order valence-corrected chi connectivity index (χ0v) is 10.5. The van der Waals surface area contributed by atoms with E-state index in [1.807, 2.05) is 0 Å². The van der Waals surface area contributed by atoms with Crippen molar-refractivity contribution in [3.63, 3.8) is 0 Å². The summed E-state index contributed by atoms with van der Waals surface area (Å²) < 4.78 is 0. The number of nitrogens with zero attached hydrogens (tertiary/aromatic N) is 3. The third-order valence-corrected chi connectivity index (χ3v) is 2.81. The Bertz CT molecular complexity index is 517. The number of carboxylic acids is 1. The van der Waals surface area contributed by atoms with Crippen molar-refractivity contribution in [2.24, 2.45) is 5.11 Å². The molecule has 0 aliphatic carbocycles. The van der Waals surface area contributed by atoms with Crippen LogP contribution in [0.2, 0.25) is 5.02 Å². The Hall–Kier alpha value is -1.79. The van der Waals surface area contributed by atoms with Gasteiger partial charge in [-0.15, -0.1) is 0 Å². The second-order valence-corrected chi connectivity index (χ2v) is 4.25. The molecule has 0 heterocycles. The lowest BCUT2D eigenvalue weighted by Gasteiger charge is -2.17. The number of hydrogen-bond donors (Lipinski definition) is 3. The van der Waals surface area contributed by atoms with Crippen LogP contribution in [0.25, 0.3) is 10.4 Å². The van der Waals surface area contributed by atoms with E-state index in [0.29, 0.717) is 11.1 Å². The summed E-state index contributed by atoms with van der Waals surface area (Å²) in [5.41, 5.74) is 8.85. The van der Waals surface area contributed by atoms with Crippen molar-refractivity contribution in [2.45, 2.75) is 18.6 Å². The molecule has 0 aliphatic rings. The molecular weight excluding hydrogens is 274 g/mol. The summed E-state index contributed by atoms with van der Waals surface area (Å²) >= 11 is 5.89. The van der Waals surface area contributed by atoms with Crippen molar-refractivity contribution >= 4 is 17.6 Å². The third-order valence-electron chi connectivity index (χ3n) is 2.46. The Balaban J connectivity index is 2.87. The van der Waals surface area contributed by atoms with Gasteiger partial charge in [-0.25, -0.2) is 0 Å². The maximum atomic E-state index is 10.6. The summed E-state index contributed by atoms with van der Waals surface area (Å²) in [6.07, 6.45) is -2.74. The number of rotatable bonds is 6. The first-order valence-corrected chi connectivity index (χ1v) is 5.70. The fourth-order valence-corrected chi connectivity index (χ4v) is 1.75. The maximum Gasteiger partial charge on any atom is 0.307 e. The van der Waals surface area contributed by atoms with E-state index in [1.54, 1.807) is 0 Å². The van der Waals surface area contributed by atoms with Crippen molar-refractivity contribution in [3.8, 4) is 0 Å². The topological polar surface area (TPSA) is 127 Å². The average Bonchev–Trinajstić information content (AvgIpc) is 2.37. The highest BCUT2D eigenvalue weighted by Crippen LogP contribution is 2.24. The first-order chi connectivity index (χ1) is 8.95. The molecule has 2 atom stereocenters. The summed E-state index contributed by atoms with van der Waals surface area (Å²) in [6.45, 7) is -0.272. The van der Waals surface area contributed by atoms with Crippen molar-refractivity contribution in [3.05, 3.63) is 44.8 Å². The van der Waals surface area contributed by atoms with Gasteiger partial charge in [0.25, 0.3) is 0 Å². The van der Waals surface area contributed by atoms with Crippen LogP contribution in [0.15, 0.2) is 23.3 Å². The zero-order valence-electron chi connectivity index (χ0n) is 9.77. The largest absolute Gasteiger partial charge is 0.481 e. The van der Waals surface area contributed by atoms with Gasteiger partial charge in [0, 0.05) is 9.93 Å². The number of aliphatic hydroxyl groups excluding tert-OH is 2. The Morgan fingerprint density at radius 2 is 2.16 bits per heavy atom. The highest BCUT2D eigenvalue weighted by Gasteiger charge is 2.18. The van der Waals surface area contributed by atoms with Crippen LogP contribution >= 0.6 is 11.6 Å². The van der Waals surface area contributed by atoms with Gasteiger partial charge >= 0.3 is 5.97 Å². The van der Waals surface area contributed by atoms with Crippen LogP contribution in [-0.2, 0) is 11.2 Å². The molecule has 0 saturated carbocycles. The quantitative estimate of drug-likeness (QED) is 0.417. The fourth-order valence-electron chi connectivity index (χ4n) is 1.50. The number of benzene rings is 1. The Morgan fingerprint density at radius 3 is 2.68 bits per heavy atom. The molecule has 0 saturated heterocycles. The van der Waals surface area contributed by atoms with Gasteiger partial charge in [0.05, 0.1) is 19.1 Å². The van der Waals surface area contributed by atoms with Crippen molar-refractivity contribution in [2.75, 3.05) is 6.54 Å². The zero-order chi connectivity index (χ0) is 14.4. The summed E-state index contributed by atoms with van der Waals surface area (Å²) in [5.74, 6) is -1.02. The lowest BCUT2D eigenvalue weighted by molar-refractivity contribution is -0.136. The Kier molecular flexibility index (Phi) is 5.59. The lowest BCUT2D eigenvalue weighted by Crippen LogP contribution is -2.21. The minimum absolute atomic E-state index is 0.190. The molecule has 1 rings (SSSR count). The molecule has 0 aromatic heterocycles. The smallest absolute Gasteiger partial charge is 0.307 e. The van der Waals surface area contributed by atoms with Gasteiger partial charge in [0.1, 0.15) is 6.10 Å². The van der Waals surface area contributed by atoms with Crippen LogP contribution in [0.3, 0.4) is 0 Å². The number of hydrogen-bond acceptors (Lipinski definition) is 4. The number of azide groups is 1. The van der Waals surface area contributed by atoms with E-state index in [4.69, 9.17) is 22.2 Å². The van der Waals surface area contributed by atoms with Crippen LogP contribution in [0, 0.1) is 0 Å². The van der Waals surface area contributed by atoms with Gasteiger partial charge < -0.3 is 15.3 Å². The van der Waals surface area contributed by atoms with E-state index in [2.05, 4.69) is 10.0 Å².